The fourth-order valence-electron chi connectivity index (χ4n) is 1.89. The van der Waals surface area contributed by atoms with Crippen LogP contribution in [0.25, 0.3) is 0 Å². The predicted molar refractivity (Wildman–Crippen MR) is 72.4 cm³/mol. The van der Waals surface area contributed by atoms with Crippen molar-refractivity contribution in [3.05, 3.63) is 47.5 Å². The Morgan fingerprint density at radius 1 is 1.45 bits per heavy atom. The fourth-order valence-corrected chi connectivity index (χ4v) is 1.89. The van der Waals surface area contributed by atoms with E-state index in [1.54, 1.807) is 41.0 Å². The zero-order valence-electron chi connectivity index (χ0n) is 11.7. The number of halogens is 1. The maximum atomic E-state index is 13.7. The lowest BCUT2D eigenvalue weighted by atomic mass is 10.1. The van der Waals surface area contributed by atoms with Gasteiger partial charge in [-0.2, -0.15) is 0 Å². The van der Waals surface area contributed by atoms with Crippen molar-refractivity contribution < 1.29 is 9.18 Å². The minimum absolute atomic E-state index is 0.0401. The normalized spacial score (nSPS) is 12.2. The quantitative estimate of drug-likeness (QED) is 0.858. The zero-order chi connectivity index (χ0) is 14.7. The first kappa shape index (κ1) is 14.2. The second kappa shape index (κ2) is 5.81. The molecule has 2 rings (SSSR count). The van der Waals surface area contributed by atoms with Crippen molar-refractivity contribution in [2.45, 2.75) is 26.4 Å². The zero-order valence-corrected chi connectivity index (χ0v) is 11.7. The third-order valence-electron chi connectivity index (χ3n) is 3.25. The molecule has 5 nitrogen and oxygen atoms in total. The number of aromatic nitrogens is 3. The van der Waals surface area contributed by atoms with E-state index in [1.165, 1.54) is 13.0 Å². The molecule has 1 amide bonds. The molecule has 106 valence electrons. The van der Waals surface area contributed by atoms with E-state index < -0.39 is 0 Å². The van der Waals surface area contributed by atoms with Crippen LogP contribution in [0.5, 0.6) is 0 Å². The number of nitrogens with zero attached hydrogens (tertiary/aromatic N) is 4. The lowest BCUT2D eigenvalue weighted by Gasteiger charge is -2.13. The molecule has 0 N–H and O–H groups in total. The summed E-state index contributed by atoms with van der Waals surface area (Å²) in [4.78, 5) is 12.7. The lowest BCUT2D eigenvalue weighted by molar-refractivity contribution is -0.128. The Kier molecular flexibility index (Phi) is 4.12. The number of rotatable bonds is 4. The number of carbonyl (C=O) groups is 1. The van der Waals surface area contributed by atoms with Crippen LogP contribution in [0.2, 0.25) is 0 Å². The van der Waals surface area contributed by atoms with Crippen LogP contribution in [0.1, 0.15) is 31.1 Å². The minimum Gasteiger partial charge on any atom is -0.340 e. The summed E-state index contributed by atoms with van der Waals surface area (Å²) in [5, 5.41) is 8.02. The van der Waals surface area contributed by atoms with Crippen molar-refractivity contribution in [3.63, 3.8) is 0 Å². The number of carbonyl (C=O) groups excluding carboxylic acids is 1. The highest BCUT2D eigenvalue weighted by Gasteiger charge is 2.15. The first-order valence-corrected chi connectivity index (χ1v) is 6.36. The Hall–Kier alpha value is -2.24. The van der Waals surface area contributed by atoms with Gasteiger partial charge in [0.25, 0.3) is 0 Å². The summed E-state index contributed by atoms with van der Waals surface area (Å²) < 4.78 is 15.3. The van der Waals surface area contributed by atoms with Gasteiger partial charge in [0.15, 0.2) is 0 Å². The molecule has 1 aromatic heterocycles. The second-order valence-electron chi connectivity index (χ2n) is 4.76. The third-order valence-corrected chi connectivity index (χ3v) is 3.25. The van der Waals surface area contributed by atoms with E-state index in [0.29, 0.717) is 17.8 Å². The van der Waals surface area contributed by atoms with Crippen molar-refractivity contribution in [1.82, 2.24) is 19.9 Å². The van der Waals surface area contributed by atoms with Crippen molar-refractivity contribution in [2.75, 3.05) is 7.05 Å². The topological polar surface area (TPSA) is 51.0 Å². The van der Waals surface area contributed by atoms with Crippen LogP contribution in [0.15, 0.2) is 30.5 Å². The van der Waals surface area contributed by atoms with Crippen molar-refractivity contribution in [2.24, 2.45) is 0 Å². The largest absolute Gasteiger partial charge is 0.340 e. The molecule has 1 atom stereocenters. The van der Waals surface area contributed by atoms with E-state index in [4.69, 9.17) is 0 Å². The average molecular weight is 276 g/mol. The molecule has 0 radical (unpaired) electrons. The number of hydrogen-bond acceptors (Lipinski definition) is 3. The number of benzene rings is 1. The smallest absolute Gasteiger partial charge is 0.219 e. The van der Waals surface area contributed by atoms with Gasteiger partial charge < -0.3 is 4.90 Å². The SMILES string of the molecule is CC(=O)N(C)Cc1cn(C(C)c2ccccc2F)nn1. The van der Waals surface area contributed by atoms with Gasteiger partial charge in [0.2, 0.25) is 5.91 Å². The highest BCUT2D eigenvalue weighted by atomic mass is 19.1. The Labute approximate surface area is 117 Å². The third kappa shape index (κ3) is 3.01. The van der Waals surface area contributed by atoms with Gasteiger partial charge in [-0.3, -0.25) is 4.79 Å². The summed E-state index contributed by atoms with van der Waals surface area (Å²) in [5.41, 5.74) is 1.23. The fraction of sp³-hybridized carbons (Fsp3) is 0.357. The molecular weight excluding hydrogens is 259 g/mol. The highest BCUT2D eigenvalue weighted by molar-refractivity contribution is 5.72. The van der Waals surface area contributed by atoms with Crippen LogP contribution in [0, 0.1) is 5.82 Å². The molecule has 6 heteroatoms. The van der Waals surface area contributed by atoms with E-state index in [0.717, 1.165) is 0 Å². The summed E-state index contributed by atoms with van der Waals surface area (Å²) in [5.74, 6) is -0.306. The molecule has 1 aromatic carbocycles. The molecule has 0 fully saturated rings. The molecular formula is C14H17FN4O. The Morgan fingerprint density at radius 3 is 2.80 bits per heavy atom. The molecule has 1 unspecified atom stereocenters. The molecule has 0 aliphatic rings. The summed E-state index contributed by atoms with van der Waals surface area (Å²) in [6.45, 7) is 3.73. The molecule has 0 spiro atoms. The maximum absolute atomic E-state index is 13.7. The Balaban J connectivity index is 2.16. The second-order valence-corrected chi connectivity index (χ2v) is 4.76. The van der Waals surface area contributed by atoms with Gasteiger partial charge >= 0.3 is 0 Å². The van der Waals surface area contributed by atoms with Gasteiger partial charge in [0.1, 0.15) is 11.5 Å². The van der Waals surface area contributed by atoms with Crippen LogP contribution in [-0.4, -0.2) is 32.8 Å². The van der Waals surface area contributed by atoms with E-state index in [-0.39, 0.29) is 17.8 Å². The van der Waals surface area contributed by atoms with E-state index in [1.807, 2.05) is 6.92 Å². The van der Waals surface area contributed by atoms with Gasteiger partial charge in [0.05, 0.1) is 18.8 Å². The highest BCUT2D eigenvalue weighted by Crippen LogP contribution is 2.19. The van der Waals surface area contributed by atoms with Gasteiger partial charge in [-0.15, -0.1) is 5.10 Å². The van der Waals surface area contributed by atoms with Crippen molar-refractivity contribution in [3.8, 4) is 0 Å². The Morgan fingerprint density at radius 2 is 2.15 bits per heavy atom. The van der Waals surface area contributed by atoms with Crippen molar-refractivity contribution >= 4 is 5.91 Å². The summed E-state index contributed by atoms with van der Waals surface area (Å²) >= 11 is 0. The van der Waals surface area contributed by atoms with Gasteiger partial charge in [-0.05, 0) is 13.0 Å². The summed E-state index contributed by atoms with van der Waals surface area (Å²) in [6.07, 6.45) is 1.73. The monoisotopic (exact) mass is 276 g/mol. The van der Waals surface area contributed by atoms with Gasteiger partial charge in [0, 0.05) is 19.5 Å². The Bertz CT molecular complexity index is 611. The van der Waals surface area contributed by atoms with E-state index in [9.17, 15) is 9.18 Å². The van der Waals surface area contributed by atoms with Crippen LogP contribution in [0.3, 0.4) is 0 Å². The first-order chi connectivity index (χ1) is 9.49. The van der Waals surface area contributed by atoms with Crippen LogP contribution >= 0.6 is 0 Å². The molecule has 1 heterocycles. The van der Waals surface area contributed by atoms with Crippen LogP contribution in [0.4, 0.5) is 4.39 Å². The standard InChI is InChI=1S/C14H17FN4O/c1-10(13-6-4-5-7-14(13)15)19-9-12(16-17-19)8-18(3)11(2)20/h4-7,9-10H,8H2,1-3H3. The van der Waals surface area contributed by atoms with Gasteiger partial charge in [-0.1, -0.05) is 23.4 Å². The van der Waals surface area contributed by atoms with E-state index >= 15 is 0 Å². The van der Waals surface area contributed by atoms with E-state index in [2.05, 4.69) is 10.3 Å². The minimum atomic E-state index is -0.266. The van der Waals surface area contributed by atoms with Crippen LogP contribution < -0.4 is 0 Å². The molecule has 0 saturated carbocycles. The van der Waals surface area contributed by atoms with Crippen molar-refractivity contribution in [1.29, 1.82) is 0 Å². The summed E-state index contributed by atoms with van der Waals surface area (Å²) in [6, 6.07) is 6.34. The molecule has 0 bridgehead atoms. The predicted octanol–water partition coefficient (Wildman–Crippen LogP) is 2.00. The van der Waals surface area contributed by atoms with Gasteiger partial charge in [-0.25, -0.2) is 9.07 Å². The molecule has 0 saturated heterocycles. The summed E-state index contributed by atoms with van der Waals surface area (Å²) in [7, 11) is 1.70. The molecule has 2 aromatic rings. The lowest BCUT2D eigenvalue weighted by Crippen LogP contribution is -2.23. The average Bonchev–Trinajstić information content (AvgIpc) is 2.87. The maximum Gasteiger partial charge on any atom is 0.219 e. The molecule has 20 heavy (non-hydrogen) atoms. The first-order valence-electron chi connectivity index (χ1n) is 6.36. The number of hydrogen-bond donors (Lipinski definition) is 0. The number of amides is 1. The molecule has 0 aliphatic carbocycles. The van der Waals surface area contributed by atoms with Crippen LogP contribution in [-0.2, 0) is 11.3 Å². The molecule has 0 aliphatic heterocycles.